The van der Waals surface area contributed by atoms with Crippen LogP contribution in [0.25, 0.3) is 10.9 Å². The van der Waals surface area contributed by atoms with Crippen molar-refractivity contribution in [3.63, 3.8) is 0 Å². The molecule has 0 aliphatic rings. The lowest BCUT2D eigenvalue weighted by atomic mass is 9.96. The van der Waals surface area contributed by atoms with E-state index in [0.29, 0.717) is 18.1 Å². The molecule has 0 saturated heterocycles. The number of carbonyl (C=O) groups is 1. The summed E-state index contributed by atoms with van der Waals surface area (Å²) in [6, 6.07) is 9.87. The highest BCUT2D eigenvalue weighted by atomic mass is 32.1. The van der Waals surface area contributed by atoms with Gasteiger partial charge in [0.05, 0.1) is 18.1 Å². The van der Waals surface area contributed by atoms with Crippen molar-refractivity contribution in [3.8, 4) is 0 Å². The van der Waals surface area contributed by atoms with Crippen LogP contribution in [0.4, 0.5) is 0 Å². The summed E-state index contributed by atoms with van der Waals surface area (Å²) >= 11 is 5.43. The van der Waals surface area contributed by atoms with E-state index in [2.05, 4.69) is 28.3 Å². The lowest BCUT2D eigenvalue weighted by Gasteiger charge is -2.23. The number of nitrogens with one attached hydrogen (secondary N) is 2. The number of carbonyl (C=O) groups excluding carboxylic acids is 1. The summed E-state index contributed by atoms with van der Waals surface area (Å²) in [7, 11) is 0. The van der Waals surface area contributed by atoms with Gasteiger partial charge in [-0.25, -0.2) is 0 Å². The molecular weight excluding hydrogens is 384 g/mol. The molecule has 2 aromatic rings. The van der Waals surface area contributed by atoms with Crippen molar-refractivity contribution < 1.29 is 9.53 Å². The number of ether oxygens (including phenoxy) is 1. The molecule has 0 bridgehead atoms. The molecule has 0 radical (unpaired) electrons. The van der Waals surface area contributed by atoms with Gasteiger partial charge in [0.25, 0.3) is 0 Å². The van der Waals surface area contributed by atoms with E-state index in [-0.39, 0.29) is 18.6 Å². The molecule has 0 aliphatic heterocycles. The number of hydrogen-bond acceptors (Lipinski definition) is 5. The van der Waals surface area contributed by atoms with Gasteiger partial charge in [-0.1, -0.05) is 36.9 Å². The first kappa shape index (κ1) is 22.1. The van der Waals surface area contributed by atoms with Crippen LogP contribution in [-0.2, 0) is 16.0 Å². The Kier molecular flexibility index (Phi) is 8.85. The SMILES string of the molecule is C=C/C=C(\C=C/N)C(Cc1ccnc2ccccc12)NC(=S)NCCOC(C)=O. The van der Waals surface area contributed by atoms with E-state index in [1.807, 2.05) is 36.4 Å². The minimum Gasteiger partial charge on any atom is -0.464 e. The molecule has 1 aromatic heterocycles. The lowest BCUT2D eigenvalue weighted by Crippen LogP contribution is -2.44. The normalized spacial score (nSPS) is 12.5. The Morgan fingerprint density at radius 2 is 2.17 bits per heavy atom. The van der Waals surface area contributed by atoms with E-state index in [4.69, 9.17) is 22.7 Å². The number of esters is 1. The first-order valence-electron chi connectivity index (χ1n) is 9.26. The molecular formula is C22H26N4O2S. The van der Waals surface area contributed by atoms with E-state index in [9.17, 15) is 4.79 Å². The zero-order chi connectivity index (χ0) is 21.1. The second-order valence-corrected chi connectivity index (χ2v) is 6.65. The van der Waals surface area contributed by atoms with Crippen LogP contribution in [0.3, 0.4) is 0 Å². The first-order valence-corrected chi connectivity index (χ1v) is 9.67. The number of pyridine rings is 1. The van der Waals surface area contributed by atoms with Gasteiger partial charge >= 0.3 is 5.97 Å². The second-order valence-electron chi connectivity index (χ2n) is 6.25. The number of benzene rings is 1. The largest absolute Gasteiger partial charge is 0.464 e. The monoisotopic (exact) mass is 410 g/mol. The smallest absolute Gasteiger partial charge is 0.302 e. The molecule has 0 fully saturated rings. The lowest BCUT2D eigenvalue weighted by molar-refractivity contribution is -0.140. The summed E-state index contributed by atoms with van der Waals surface area (Å²) in [5.41, 5.74) is 8.66. The Labute approximate surface area is 176 Å². The van der Waals surface area contributed by atoms with E-state index < -0.39 is 0 Å². The molecule has 1 atom stereocenters. The maximum atomic E-state index is 10.9. The van der Waals surface area contributed by atoms with Crippen molar-refractivity contribution in [1.82, 2.24) is 15.6 Å². The van der Waals surface area contributed by atoms with Crippen LogP contribution in [0.2, 0.25) is 0 Å². The minimum atomic E-state index is -0.322. The fourth-order valence-corrected chi connectivity index (χ4v) is 3.15. The Balaban J connectivity index is 2.20. The number of thiocarbonyl (C=S) groups is 1. The van der Waals surface area contributed by atoms with Gasteiger partial charge in [-0.05, 0) is 54.2 Å². The maximum absolute atomic E-state index is 10.9. The predicted molar refractivity (Wildman–Crippen MR) is 121 cm³/mol. The highest BCUT2D eigenvalue weighted by Crippen LogP contribution is 2.20. The minimum absolute atomic E-state index is 0.146. The Bertz CT molecular complexity index is 919. The van der Waals surface area contributed by atoms with Crippen LogP contribution >= 0.6 is 12.2 Å². The van der Waals surface area contributed by atoms with E-state index in [1.165, 1.54) is 13.1 Å². The van der Waals surface area contributed by atoms with Gasteiger partial charge in [0, 0.05) is 18.5 Å². The molecule has 7 heteroatoms. The molecule has 0 aliphatic carbocycles. The average Bonchev–Trinajstić information content (AvgIpc) is 2.71. The van der Waals surface area contributed by atoms with Crippen molar-refractivity contribution >= 4 is 34.2 Å². The number of rotatable bonds is 9. The van der Waals surface area contributed by atoms with E-state index in [1.54, 1.807) is 12.3 Å². The standard InChI is InChI=1S/C22H26N4O2S/c1-3-6-17(9-11-23)21(26-22(29)25-13-14-28-16(2)27)15-18-10-12-24-20-8-5-4-7-19(18)20/h3-12,21H,1,13-15,23H2,2H3,(H2,25,26,29)/b11-9-,17-6+. The summed E-state index contributed by atoms with van der Waals surface area (Å²) in [6.45, 7) is 5.83. The highest BCUT2D eigenvalue weighted by molar-refractivity contribution is 7.80. The van der Waals surface area contributed by atoms with Gasteiger partial charge < -0.3 is 21.1 Å². The van der Waals surface area contributed by atoms with E-state index >= 15 is 0 Å². The molecule has 4 N–H and O–H groups in total. The molecule has 0 saturated carbocycles. The second kappa shape index (κ2) is 11.6. The number of allylic oxidation sites excluding steroid dienone is 2. The van der Waals surface area contributed by atoms with Gasteiger partial charge in [-0.3, -0.25) is 9.78 Å². The zero-order valence-electron chi connectivity index (χ0n) is 16.4. The Hall–Kier alpha value is -3.19. The summed E-state index contributed by atoms with van der Waals surface area (Å²) in [5.74, 6) is -0.322. The van der Waals surface area contributed by atoms with Gasteiger partial charge in [0.2, 0.25) is 0 Å². The van der Waals surface area contributed by atoms with Crippen molar-refractivity contribution in [3.05, 3.63) is 78.7 Å². The van der Waals surface area contributed by atoms with Gasteiger partial charge in [0.15, 0.2) is 5.11 Å². The summed E-state index contributed by atoms with van der Waals surface area (Å²) in [5, 5.41) is 7.92. The summed E-state index contributed by atoms with van der Waals surface area (Å²) in [6.07, 6.45) is 9.40. The molecule has 2 rings (SSSR count). The summed E-state index contributed by atoms with van der Waals surface area (Å²) in [4.78, 5) is 15.3. The van der Waals surface area contributed by atoms with Crippen LogP contribution in [-0.4, -0.2) is 35.3 Å². The molecule has 152 valence electrons. The van der Waals surface area contributed by atoms with Gasteiger partial charge in [0.1, 0.15) is 6.61 Å². The number of nitrogens with two attached hydrogens (primary N) is 1. The maximum Gasteiger partial charge on any atom is 0.302 e. The Morgan fingerprint density at radius 3 is 2.90 bits per heavy atom. The van der Waals surface area contributed by atoms with Gasteiger partial charge in [-0.15, -0.1) is 0 Å². The van der Waals surface area contributed by atoms with Crippen LogP contribution in [0.15, 0.2) is 73.1 Å². The van der Waals surface area contributed by atoms with Crippen LogP contribution < -0.4 is 16.4 Å². The predicted octanol–water partition coefficient (Wildman–Crippen LogP) is 2.76. The van der Waals surface area contributed by atoms with Crippen molar-refractivity contribution in [2.45, 2.75) is 19.4 Å². The fraction of sp³-hybridized carbons (Fsp3) is 0.227. The zero-order valence-corrected chi connectivity index (χ0v) is 17.2. The van der Waals surface area contributed by atoms with Crippen LogP contribution in [0, 0.1) is 0 Å². The number of nitrogens with zero attached hydrogens (tertiary/aromatic N) is 1. The average molecular weight is 411 g/mol. The van der Waals surface area contributed by atoms with Crippen molar-refractivity contribution in [2.75, 3.05) is 13.2 Å². The van der Waals surface area contributed by atoms with Gasteiger partial charge in [-0.2, -0.15) is 0 Å². The summed E-state index contributed by atoms with van der Waals surface area (Å²) < 4.78 is 4.92. The number of aromatic nitrogens is 1. The topological polar surface area (TPSA) is 89.3 Å². The van der Waals surface area contributed by atoms with Crippen LogP contribution in [0.5, 0.6) is 0 Å². The third-order valence-corrected chi connectivity index (χ3v) is 4.43. The van der Waals surface area contributed by atoms with Crippen molar-refractivity contribution in [2.24, 2.45) is 5.73 Å². The fourth-order valence-electron chi connectivity index (χ4n) is 2.91. The molecule has 0 amide bonds. The highest BCUT2D eigenvalue weighted by Gasteiger charge is 2.16. The molecule has 1 unspecified atom stereocenters. The molecule has 1 heterocycles. The quantitative estimate of drug-likeness (QED) is 0.253. The third-order valence-electron chi connectivity index (χ3n) is 4.16. The van der Waals surface area contributed by atoms with Crippen LogP contribution in [0.1, 0.15) is 12.5 Å². The van der Waals surface area contributed by atoms with Crippen molar-refractivity contribution in [1.29, 1.82) is 0 Å². The van der Waals surface area contributed by atoms with E-state index in [0.717, 1.165) is 22.0 Å². The molecule has 0 spiro atoms. The number of para-hydroxylation sites is 1. The Morgan fingerprint density at radius 1 is 1.38 bits per heavy atom. The molecule has 1 aromatic carbocycles. The number of fused-ring (bicyclic) bond motifs is 1. The molecule has 6 nitrogen and oxygen atoms in total. The molecule has 29 heavy (non-hydrogen) atoms. The third kappa shape index (κ3) is 7.04. The first-order chi connectivity index (χ1) is 14.0. The number of hydrogen-bond donors (Lipinski definition) is 3.